The topological polar surface area (TPSA) is 137 Å². The number of ether oxygens (including phenoxy) is 2. The SMILES string of the molecule is CC[C@H](C)[C@@H]1C[C@@H](OC(C)=O)[C@H](n2c(=O)n(CC(F)(F)F)c3c(=O)[nH]c(NC(C)=O)nc32)O1. The van der Waals surface area contributed by atoms with Crippen molar-refractivity contribution < 1.29 is 32.2 Å². The van der Waals surface area contributed by atoms with Crippen molar-refractivity contribution in [2.75, 3.05) is 5.32 Å². The molecule has 0 spiro atoms. The third-order valence-electron chi connectivity index (χ3n) is 5.39. The van der Waals surface area contributed by atoms with Gasteiger partial charge in [0.25, 0.3) is 5.56 Å². The van der Waals surface area contributed by atoms with Crippen molar-refractivity contribution in [1.29, 1.82) is 0 Å². The molecule has 1 saturated heterocycles. The van der Waals surface area contributed by atoms with Gasteiger partial charge in [-0.25, -0.2) is 9.36 Å². The standard InChI is InChI=1S/C19H24F3N5O6/c1-5-8(2)11-6-12(32-10(4)29)16(33-11)27-14-13(26(18(27)31)7-19(20,21)22)15(30)25-17(24-14)23-9(3)28/h8,11-12,16H,5-7H2,1-4H3,(H2,23,24,25,28,30)/t8-,11-,12+,16+/m0/s1. The lowest BCUT2D eigenvalue weighted by molar-refractivity contribution is -0.152. The van der Waals surface area contributed by atoms with E-state index in [1.165, 1.54) is 0 Å². The molecular formula is C19H24F3N5O6. The maximum atomic E-state index is 13.2. The molecule has 1 fully saturated rings. The maximum absolute atomic E-state index is 13.2. The van der Waals surface area contributed by atoms with Crippen LogP contribution >= 0.6 is 0 Å². The summed E-state index contributed by atoms with van der Waals surface area (Å²) in [5.41, 5.74) is -3.37. The highest BCUT2D eigenvalue weighted by Crippen LogP contribution is 2.36. The summed E-state index contributed by atoms with van der Waals surface area (Å²) in [4.78, 5) is 55.0. The molecule has 2 aromatic rings. The van der Waals surface area contributed by atoms with Crippen LogP contribution in [0.25, 0.3) is 11.2 Å². The predicted octanol–water partition coefficient (Wildman–Crippen LogP) is 1.67. The number of nitrogens with one attached hydrogen (secondary N) is 2. The van der Waals surface area contributed by atoms with Crippen LogP contribution in [0.3, 0.4) is 0 Å². The largest absolute Gasteiger partial charge is 0.458 e. The Morgan fingerprint density at radius 2 is 2.00 bits per heavy atom. The van der Waals surface area contributed by atoms with E-state index in [1.54, 1.807) is 0 Å². The van der Waals surface area contributed by atoms with Gasteiger partial charge in [0.15, 0.2) is 17.4 Å². The Kier molecular flexibility index (Phi) is 6.68. The molecule has 1 amide bonds. The fourth-order valence-electron chi connectivity index (χ4n) is 3.81. The Bertz CT molecular complexity index is 1180. The Morgan fingerprint density at radius 1 is 1.33 bits per heavy atom. The number of aromatic amines is 1. The molecule has 33 heavy (non-hydrogen) atoms. The summed E-state index contributed by atoms with van der Waals surface area (Å²) in [5.74, 6) is -1.65. The molecule has 0 saturated carbocycles. The first kappa shape index (κ1) is 24.5. The summed E-state index contributed by atoms with van der Waals surface area (Å²) in [6.07, 6.45) is -6.73. The van der Waals surface area contributed by atoms with Crippen molar-refractivity contribution in [1.82, 2.24) is 19.1 Å². The van der Waals surface area contributed by atoms with Gasteiger partial charge in [-0.3, -0.25) is 29.3 Å². The highest BCUT2D eigenvalue weighted by atomic mass is 19.4. The second-order valence-electron chi connectivity index (χ2n) is 7.96. The van der Waals surface area contributed by atoms with Crippen LogP contribution in [-0.2, 0) is 25.6 Å². The summed E-state index contributed by atoms with van der Waals surface area (Å²) in [6.45, 7) is 4.33. The quantitative estimate of drug-likeness (QED) is 0.607. The monoisotopic (exact) mass is 475 g/mol. The molecule has 182 valence electrons. The average molecular weight is 475 g/mol. The van der Waals surface area contributed by atoms with Crippen LogP contribution in [0.5, 0.6) is 0 Å². The number of aromatic nitrogens is 4. The van der Waals surface area contributed by atoms with Gasteiger partial charge < -0.3 is 9.47 Å². The predicted molar refractivity (Wildman–Crippen MR) is 109 cm³/mol. The van der Waals surface area contributed by atoms with E-state index in [-0.39, 0.29) is 22.9 Å². The molecule has 14 heteroatoms. The first-order valence-corrected chi connectivity index (χ1v) is 10.2. The summed E-state index contributed by atoms with van der Waals surface area (Å²) in [5, 5.41) is 2.23. The lowest BCUT2D eigenvalue weighted by Gasteiger charge is -2.20. The van der Waals surface area contributed by atoms with Crippen molar-refractivity contribution in [2.24, 2.45) is 5.92 Å². The van der Waals surface area contributed by atoms with Crippen molar-refractivity contribution in [3.05, 3.63) is 20.8 Å². The Hall–Kier alpha value is -3.16. The smallest absolute Gasteiger partial charge is 0.406 e. The minimum Gasteiger partial charge on any atom is -0.458 e. The van der Waals surface area contributed by atoms with E-state index in [9.17, 15) is 32.3 Å². The van der Waals surface area contributed by atoms with Gasteiger partial charge in [-0.05, 0) is 5.92 Å². The summed E-state index contributed by atoms with van der Waals surface area (Å²) >= 11 is 0. The van der Waals surface area contributed by atoms with Gasteiger partial charge in [0.05, 0.1) is 6.10 Å². The summed E-state index contributed by atoms with van der Waals surface area (Å²) < 4.78 is 51.9. The van der Waals surface area contributed by atoms with Crippen molar-refractivity contribution >= 4 is 29.0 Å². The highest BCUT2D eigenvalue weighted by Gasteiger charge is 2.43. The lowest BCUT2D eigenvalue weighted by Crippen LogP contribution is -2.35. The van der Waals surface area contributed by atoms with Gasteiger partial charge in [0.1, 0.15) is 12.6 Å². The molecule has 4 atom stereocenters. The van der Waals surface area contributed by atoms with Crippen LogP contribution in [0.1, 0.15) is 46.8 Å². The molecule has 0 radical (unpaired) electrons. The number of halogens is 3. The molecule has 0 bridgehead atoms. The Morgan fingerprint density at radius 3 is 2.55 bits per heavy atom. The van der Waals surface area contributed by atoms with E-state index in [2.05, 4.69) is 15.3 Å². The van der Waals surface area contributed by atoms with Gasteiger partial charge in [-0.1, -0.05) is 20.3 Å². The minimum atomic E-state index is -4.82. The third-order valence-corrected chi connectivity index (χ3v) is 5.39. The number of amides is 1. The summed E-state index contributed by atoms with van der Waals surface area (Å²) in [6, 6.07) is 0. The number of anilines is 1. The van der Waals surface area contributed by atoms with E-state index in [4.69, 9.17) is 9.47 Å². The van der Waals surface area contributed by atoms with Crippen LogP contribution in [0.4, 0.5) is 19.1 Å². The lowest BCUT2D eigenvalue weighted by atomic mass is 9.99. The Balaban J connectivity index is 2.27. The number of alkyl halides is 3. The van der Waals surface area contributed by atoms with Crippen LogP contribution in [0.15, 0.2) is 9.59 Å². The number of nitrogens with zero attached hydrogens (tertiary/aromatic N) is 3. The van der Waals surface area contributed by atoms with E-state index in [0.717, 1.165) is 18.4 Å². The van der Waals surface area contributed by atoms with Gasteiger partial charge in [-0.2, -0.15) is 18.2 Å². The van der Waals surface area contributed by atoms with E-state index in [0.29, 0.717) is 6.42 Å². The van der Waals surface area contributed by atoms with Gasteiger partial charge >= 0.3 is 17.8 Å². The molecule has 2 N–H and O–H groups in total. The number of rotatable bonds is 6. The van der Waals surface area contributed by atoms with Crippen molar-refractivity contribution in [3.8, 4) is 0 Å². The first-order valence-electron chi connectivity index (χ1n) is 10.2. The number of hydrogen-bond donors (Lipinski definition) is 2. The van der Waals surface area contributed by atoms with Crippen LogP contribution in [0.2, 0.25) is 0 Å². The van der Waals surface area contributed by atoms with Crippen LogP contribution in [0, 0.1) is 5.92 Å². The molecule has 0 unspecified atom stereocenters. The molecule has 3 heterocycles. The molecule has 3 rings (SSSR count). The fourth-order valence-corrected chi connectivity index (χ4v) is 3.81. The third kappa shape index (κ3) is 5.10. The van der Waals surface area contributed by atoms with Crippen molar-refractivity contribution in [2.45, 2.75) is 71.7 Å². The van der Waals surface area contributed by atoms with E-state index in [1.807, 2.05) is 13.8 Å². The number of esters is 1. The zero-order valence-electron chi connectivity index (χ0n) is 18.4. The van der Waals surface area contributed by atoms with Gasteiger partial charge in [0, 0.05) is 20.3 Å². The maximum Gasteiger partial charge on any atom is 0.406 e. The molecule has 0 aromatic carbocycles. The van der Waals surface area contributed by atoms with Crippen molar-refractivity contribution in [3.63, 3.8) is 0 Å². The second-order valence-corrected chi connectivity index (χ2v) is 7.96. The first-order chi connectivity index (χ1) is 15.3. The average Bonchev–Trinajstić information content (AvgIpc) is 3.18. The number of H-pyrrole nitrogens is 1. The molecule has 2 aromatic heterocycles. The molecule has 0 aliphatic carbocycles. The zero-order valence-corrected chi connectivity index (χ0v) is 18.4. The minimum absolute atomic E-state index is 0.0152. The number of carbonyl (C=O) groups is 2. The normalized spacial score (nSPS) is 21.8. The van der Waals surface area contributed by atoms with E-state index < -0.39 is 65.4 Å². The molecule has 1 aliphatic heterocycles. The second kappa shape index (κ2) is 9.00. The zero-order chi connectivity index (χ0) is 24.7. The molecular weight excluding hydrogens is 451 g/mol. The van der Waals surface area contributed by atoms with Crippen LogP contribution in [-0.4, -0.2) is 49.4 Å². The molecule has 11 nitrogen and oxygen atoms in total. The molecule has 1 aliphatic rings. The van der Waals surface area contributed by atoms with E-state index >= 15 is 0 Å². The number of fused-ring (bicyclic) bond motifs is 1. The summed E-state index contributed by atoms with van der Waals surface area (Å²) in [7, 11) is 0. The number of imidazole rings is 1. The van der Waals surface area contributed by atoms with Gasteiger partial charge in [0.2, 0.25) is 11.9 Å². The Labute approximate surface area is 184 Å². The van der Waals surface area contributed by atoms with Crippen LogP contribution < -0.4 is 16.6 Å². The van der Waals surface area contributed by atoms with Gasteiger partial charge in [-0.15, -0.1) is 0 Å². The number of hydrogen-bond acceptors (Lipinski definition) is 7. The number of carbonyl (C=O) groups excluding carboxylic acids is 2. The fraction of sp³-hybridized carbons (Fsp3) is 0.632. The highest BCUT2D eigenvalue weighted by molar-refractivity contribution is 5.87.